The first-order chi connectivity index (χ1) is 24.0. The van der Waals surface area contributed by atoms with Gasteiger partial charge in [0.15, 0.2) is 17.9 Å². The first-order valence-corrected chi connectivity index (χ1v) is 18.4. The summed E-state index contributed by atoms with van der Waals surface area (Å²) in [7, 11) is -9.55. The van der Waals surface area contributed by atoms with Gasteiger partial charge < -0.3 is 75.0 Å². The molecule has 2 aromatic carbocycles. The van der Waals surface area contributed by atoms with Gasteiger partial charge in [0.1, 0.15) is 36.1 Å². The number of halogens is 1. The molecule has 0 bridgehead atoms. The number of fused-ring (bicyclic) bond motifs is 3. The van der Waals surface area contributed by atoms with E-state index in [2.05, 4.69) is 10.7 Å². The molecule has 24 heteroatoms. The van der Waals surface area contributed by atoms with Crippen LogP contribution in [0.3, 0.4) is 0 Å². The van der Waals surface area contributed by atoms with Crippen molar-refractivity contribution in [2.75, 3.05) is 20.3 Å². The first kappa shape index (κ1) is 47.2. The first-order valence-electron chi connectivity index (χ1n) is 15.1. The number of Topliss-reactive ketones (excluding diaryl/α,β-unsaturated/α-hetero) is 1. The topological polar surface area (TPSA) is 377 Å². The van der Waals surface area contributed by atoms with Gasteiger partial charge in [0.2, 0.25) is 5.78 Å². The van der Waals surface area contributed by atoms with Gasteiger partial charge >= 0.3 is 15.2 Å². The number of ketones is 3. The molecule has 1 aliphatic heterocycles. The molecule has 0 unspecified atom stereocenters. The fraction of sp³-hybridized carbons (Fsp3) is 0.500. The highest BCUT2D eigenvalue weighted by Gasteiger charge is 2.60. The number of phenolic OH excluding ortho intramolecular Hbond substituents is 2. The Labute approximate surface area is 313 Å². The molecule has 1 saturated heterocycles. The number of aliphatic hydroxyl groups excluding tert-OH is 2. The van der Waals surface area contributed by atoms with E-state index >= 15 is 0 Å². The van der Waals surface area contributed by atoms with Crippen molar-refractivity contribution in [1.82, 2.24) is 0 Å². The SMILES string of the molecule is C.COc1cccc2c1C(=O)c1c(O)c3c(c(O)c1C2=O)C[C@@](O)(C(=O)CO)C[C@@H]3O[C@H]1C[C@H](N)[C@H](O)[C@H](C)O1.Cl.NOCC(O)(P(=O)(O)O)P(=O)(O)O. The van der Waals surface area contributed by atoms with Gasteiger partial charge in [-0.2, -0.15) is 0 Å². The van der Waals surface area contributed by atoms with Crippen LogP contribution in [-0.2, 0) is 34.7 Å². The smallest absolute Gasteiger partial charge is 0.372 e. The van der Waals surface area contributed by atoms with Crippen molar-refractivity contribution >= 4 is 44.9 Å². The van der Waals surface area contributed by atoms with Crippen LogP contribution in [0.4, 0.5) is 0 Å². The number of methoxy groups -OCH3 is 1. The molecule has 6 atom stereocenters. The molecule has 14 N–H and O–H groups in total. The van der Waals surface area contributed by atoms with E-state index in [0.29, 0.717) is 0 Å². The number of benzene rings is 2. The maximum absolute atomic E-state index is 13.6. The number of carbonyl (C=O) groups excluding carboxylic acids is 3. The second-order valence-electron chi connectivity index (χ2n) is 12.3. The van der Waals surface area contributed by atoms with Crippen molar-refractivity contribution in [1.29, 1.82) is 0 Å². The number of hydrogen-bond acceptors (Lipinski definition) is 17. The third-order valence-electron chi connectivity index (χ3n) is 9.02. The summed E-state index contributed by atoms with van der Waals surface area (Å²) in [5.41, 5.74) is 2.37. The number of aliphatic hydroxyl groups is 4. The van der Waals surface area contributed by atoms with E-state index in [1.54, 1.807) is 6.92 Å². The maximum atomic E-state index is 13.6. The number of nitrogens with two attached hydrogens (primary N) is 2. The van der Waals surface area contributed by atoms with Gasteiger partial charge in [-0.15, -0.1) is 12.4 Å². The molecule has 5 rings (SSSR count). The monoisotopic (exact) mass is 832 g/mol. The van der Waals surface area contributed by atoms with Crippen LogP contribution in [-0.4, -0.2) is 123 Å². The normalized spacial score (nSPS) is 25.1. The third-order valence-corrected chi connectivity index (χ3v) is 12.7. The van der Waals surface area contributed by atoms with Crippen LogP contribution in [0, 0.1) is 0 Å². The zero-order chi connectivity index (χ0) is 39.3. The molecular weight excluding hydrogens is 790 g/mol. The molecule has 1 heterocycles. The molecule has 2 aromatic rings. The number of hydrogen-bond donors (Lipinski definition) is 12. The van der Waals surface area contributed by atoms with Crippen LogP contribution in [0.2, 0.25) is 0 Å². The summed E-state index contributed by atoms with van der Waals surface area (Å²) in [4.78, 5) is 77.1. The fourth-order valence-electron chi connectivity index (χ4n) is 6.20. The number of carbonyl (C=O) groups is 3. The summed E-state index contributed by atoms with van der Waals surface area (Å²) in [5.74, 6) is 0.587. The van der Waals surface area contributed by atoms with Crippen LogP contribution in [0.15, 0.2) is 18.2 Å². The standard InChI is InChI=1S/C27H29NO11.C2H9NO8P2.CH4.ClH/c1-10-22(31)13(28)6-17(38-10)39-15-8-27(36,16(30)9-29)7-12-19(15)26(35)21-20(24(12)33)23(32)11-4-3-5-14(37-2)18(11)25(21)34;3-11-1-2(4,12(5,6)7)13(8,9)10;;/h3-5,10,13,15,17,22,29,31,33,35-36H,6-9,28H2,1-2H3;4H,1,3H2,(H2,5,6,7)(H2,8,9,10);1H4;1H/t10-,13-,15-,17-,22+,27-;;;/m0.../s1. The lowest BCUT2D eigenvalue weighted by Crippen LogP contribution is -2.53. The Morgan fingerprint density at radius 2 is 1.63 bits per heavy atom. The Balaban J connectivity index is 0.000000579. The van der Waals surface area contributed by atoms with Crippen molar-refractivity contribution < 1.29 is 92.8 Å². The van der Waals surface area contributed by atoms with Gasteiger partial charge in [0.25, 0.3) is 5.08 Å². The van der Waals surface area contributed by atoms with Gasteiger partial charge in [0, 0.05) is 42.0 Å². The van der Waals surface area contributed by atoms with E-state index < -0.39 is 123 Å². The summed E-state index contributed by atoms with van der Waals surface area (Å²) >= 11 is 0. The molecule has 304 valence electrons. The molecule has 0 amide bonds. The lowest BCUT2D eigenvalue weighted by atomic mass is 9.72. The second-order valence-corrected chi connectivity index (χ2v) is 16.3. The molecule has 21 nitrogen and oxygen atoms in total. The minimum absolute atomic E-state index is 0. The predicted molar refractivity (Wildman–Crippen MR) is 185 cm³/mol. The molecule has 0 aromatic heterocycles. The van der Waals surface area contributed by atoms with Crippen LogP contribution >= 0.6 is 27.6 Å². The predicted octanol–water partition coefficient (Wildman–Crippen LogP) is -1.06. The van der Waals surface area contributed by atoms with Gasteiger partial charge in [-0.1, -0.05) is 19.6 Å². The average Bonchev–Trinajstić information content (AvgIpc) is 3.06. The minimum atomic E-state index is -5.44. The van der Waals surface area contributed by atoms with Gasteiger partial charge in [-0.25, -0.2) is 5.90 Å². The summed E-state index contributed by atoms with van der Waals surface area (Å²) in [6.07, 6.45) is -5.12. The van der Waals surface area contributed by atoms with Crippen molar-refractivity contribution in [3.8, 4) is 17.2 Å². The number of aromatic hydroxyl groups is 2. The maximum Gasteiger partial charge on any atom is 0.372 e. The summed E-state index contributed by atoms with van der Waals surface area (Å²) in [6.45, 7) is -0.814. The van der Waals surface area contributed by atoms with Gasteiger partial charge in [0.05, 0.1) is 42.1 Å². The fourth-order valence-corrected chi connectivity index (χ4v) is 8.04. The van der Waals surface area contributed by atoms with Crippen molar-refractivity contribution in [3.05, 3.63) is 51.6 Å². The summed E-state index contributed by atoms with van der Waals surface area (Å²) in [5, 5.41) is 59.1. The van der Waals surface area contributed by atoms with E-state index in [9.17, 15) is 49.0 Å². The van der Waals surface area contributed by atoms with E-state index in [1.807, 2.05) is 0 Å². The zero-order valence-electron chi connectivity index (χ0n) is 27.8. The van der Waals surface area contributed by atoms with Crippen LogP contribution in [0.1, 0.15) is 76.3 Å². The van der Waals surface area contributed by atoms with Gasteiger partial charge in [-0.3, -0.25) is 23.5 Å². The highest BCUT2D eigenvalue weighted by Crippen LogP contribution is 2.67. The molecular formula is C30H43ClN2O19P2. The van der Waals surface area contributed by atoms with Crippen LogP contribution < -0.4 is 16.4 Å². The van der Waals surface area contributed by atoms with Gasteiger partial charge in [-0.05, 0) is 13.0 Å². The average molecular weight is 833 g/mol. The summed E-state index contributed by atoms with van der Waals surface area (Å²) in [6, 6.07) is 3.64. The number of ether oxygens (including phenoxy) is 3. The van der Waals surface area contributed by atoms with E-state index in [-0.39, 0.29) is 54.3 Å². The highest BCUT2D eigenvalue weighted by atomic mass is 35.5. The Hall–Kier alpha value is -2.92. The highest BCUT2D eigenvalue weighted by molar-refractivity contribution is 7.72. The Bertz CT molecular complexity index is 1830. The van der Waals surface area contributed by atoms with Crippen molar-refractivity contribution in [2.24, 2.45) is 11.6 Å². The lowest BCUT2D eigenvalue weighted by molar-refractivity contribution is -0.247. The molecule has 1 fully saturated rings. The second kappa shape index (κ2) is 17.1. The minimum Gasteiger partial charge on any atom is -0.507 e. The molecule has 54 heavy (non-hydrogen) atoms. The van der Waals surface area contributed by atoms with Crippen LogP contribution in [0.5, 0.6) is 17.2 Å². The molecule has 0 saturated carbocycles. The van der Waals surface area contributed by atoms with Crippen molar-refractivity contribution in [3.63, 3.8) is 0 Å². The molecule has 0 spiro atoms. The zero-order valence-corrected chi connectivity index (χ0v) is 30.4. The van der Waals surface area contributed by atoms with E-state index in [0.717, 1.165) is 0 Å². The van der Waals surface area contributed by atoms with E-state index in [4.69, 9.17) is 44.6 Å². The quantitative estimate of drug-likeness (QED) is 0.0694. The number of phenols is 2. The third kappa shape index (κ3) is 8.28. The van der Waals surface area contributed by atoms with Crippen LogP contribution in [0.25, 0.3) is 0 Å². The molecule has 0 radical (unpaired) electrons. The summed E-state index contributed by atoms with van der Waals surface area (Å²) < 4.78 is 38.0. The molecule has 2 aliphatic carbocycles. The Morgan fingerprint density at radius 3 is 2.11 bits per heavy atom. The Morgan fingerprint density at radius 1 is 1.06 bits per heavy atom. The number of rotatable bonds is 9. The lowest BCUT2D eigenvalue weighted by Gasteiger charge is -2.42. The molecule has 3 aliphatic rings. The van der Waals surface area contributed by atoms with Crippen molar-refractivity contribution in [2.45, 2.75) is 74.9 Å². The largest absolute Gasteiger partial charge is 0.507 e. The Kier molecular flexibility index (Phi) is 14.9. The van der Waals surface area contributed by atoms with E-state index in [1.165, 1.54) is 25.3 Å².